The molecule has 0 fully saturated rings. The first-order valence-electron chi connectivity index (χ1n) is 5.71. The van der Waals surface area contributed by atoms with E-state index in [1.165, 1.54) is 0 Å². The second kappa shape index (κ2) is 5.16. The van der Waals surface area contributed by atoms with E-state index >= 15 is 0 Å². The normalized spacial score (nSPS) is 11.5. The molecular formula is C12H21N3O. The number of carbonyl (C=O) groups is 1. The summed E-state index contributed by atoms with van der Waals surface area (Å²) in [5, 5.41) is 2.88. The highest BCUT2D eigenvalue weighted by atomic mass is 16.1. The van der Waals surface area contributed by atoms with Crippen LogP contribution in [0, 0.1) is 0 Å². The van der Waals surface area contributed by atoms with Crippen molar-refractivity contribution in [1.29, 1.82) is 0 Å². The Morgan fingerprint density at radius 1 is 1.50 bits per heavy atom. The van der Waals surface area contributed by atoms with Gasteiger partial charge in [-0.05, 0) is 25.0 Å². The lowest BCUT2D eigenvalue weighted by Crippen LogP contribution is -2.49. The number of hydrogen-bond donors (Lipinski definition) is 2. The number of nitrogens with one attached hydrogen (secondary N) is 1. The quantitative estimate of drug-likeness (QED) is 0.789. The molecular weight excluding hydrogens is 202 g/mol. The van der Waals surface area contributed by atoms with E-state index in [9.17, 15) is 4.79 Å². The Balaban J connectivity index is 2.57. The van der Waals surface area contributed by atoms with Crippen LogP contribution in [0.4, 0.5) is 0 Å². The average molecular weight is 223 g/mol. The third kappa shape index (κ3) is 2.85. The molecule has 0 bridgehead atoms. The zero-order chi connectivity index (χ0) is 12.2. The molecule has 3 N–H and O–H groups in total. The Morgan fingerprint density at radius 3 is 2.56 bits per heavy atom. The van der Waals surface area contributed by atoms with Gasteiger partial charge in [0.25, 0.3) is 5.91 Å². The minimum atomic E-state index is -0.291. The number of carbonyl (C=O) groups excluding carboxylic acids is 1. The van der Waals surface area contributed by atoms with Crippen LogP contribution in [0.2, 0.25) is 0 Å². The third-order valence-electron chi connectivity index (χ3n) is 3.19. The summed E-state index contributed by atoms with van der Waals surface area (Å²) in [5.41, 5.74) is 6.49. The van der Waals surface area contributed by atoms with Crippen LogP contribution < -0.4 is 11.1 Å². The first kappa shape index (κ1) is 12.8. The zero-order valence-electron chi connectivity index (χ0n) is 10.3. The van der Waals surface area contributed by atoms with Crippen molar-refractivity contribution < 1.29 is 4.79 Å². The Morgan fingerprint density at radius 2 is 2.12 bits per heavy atom. The van der Waals surface area contributed by atoms with Gasteiger partial charge in [-0.1, -0.05) is 13.8 Å². The van der Waals surface area contributed by atoms with Crippen molar-refractivity contribution in [2.24, 2.45) is 12.8 Å². The molecule has 1 amide bonds. The van der Waals surface area contributed by atoms with Crippen LogP contribution in [0.5, 0.6) is 0 Å². The Bertz CT molecular complexity index is 353. The van der Waals surface area contributed by atoms with E-state index in [0.717, 1.165) is 12.8 Å². The van der Waals surface area contributed by atoms with E-state index in [4.69, 9.17) is 5.73 Å². The summed E-state index contributed by atoms with van der Waals surface area (Å²) in [7, 11) is 1.85. The third-order valence-corrected chi connectivity index (χ3v) is 3.19. The van der Waals surface area contributed by atoms with Gasteiger partial charge in [-0.15, -0.1) is 0 Å². The maximum absolute atomic E-state index is 11.8. The molecule has 1 aromatic rings. The molecule has 0 saturated carbocycles. The summed E-state index contributed by atoms with van der Waals surface area (Å²) >= 11 is 0. The zero-order valence-corrected chi connectivity index (χ0v) is 10.3. The number of aromatic nitrogens is 1. The highest BCUT2D eigenvalue weighted by molar-refractivity contribution is 5.92. The molecule has 0 saturated heterocycles. The van der Waals surface area contributed by atoms with Crippen LogP contribution in [-0.2, 0) is 7.05 Å². The van der Waals surface area contributed by atoms with Crippen molar-refractivity contribution >= 4 is 5.91 Å². The van der Waals surface area contributed by atoms with E-state index in [0.29, 0.717) is 12.2 Å². The molecule has 4 heteroatoms. The molecule has 0 aliphatic carbocycles. The molecule has 16 heavy (non-hydrogen) atoms. The largest absolute Gasteiger partial charge is 0.349 e. The van der Waals surface area contributed by atoms with E-state index in [1.807, 2.05) is 33.2 Å². The molecule has 0 aliphatic rings. The van der Waals surface area contributed by atoms with Gasteiger partial charge in [-0.3, -0.25) is 4.79 Å². The lowest BCUT2D eigenvalue weighted by Gasteiger charge is -2.26. The summed E-state index contributed by atoms with van der Waals surface area (Å²) in [5.74, 6) is -0.0655. The molecule has 1 rings (SSSR count). The number of hydrogen-bond acceptors (Lipinski definition) is 2. The van der Waals surface area contributed by atoms with Crippen LogP contribution >= 0.6 is 0 Å². The first-order valence-corrected chi connectivity index (χ1v) is 5.71. The maximum atomic E-state index is 11.8. The molecule has 0 atom stereocenters. The van der Waals surface area contributed by atoms with Gasteiger partial charge in [0.1, 0.15) is 5.69 Å². The molecule has 1 aromatic heterocycles. The summed E-state index contributed by atoms with van der Waals surface area (Å²) in [4.78, 5) is 11.8. The SMILES string of the molecule is CCC(N)(CC)CNC(=O)c1cccn1C. The number of aryl methyl sites for hydroxylation is 1. The first-order chi connectivity index (χ1) is 7.52. The van der Waals surface area contributed by atoms with E-state index in [2.05, 4.69) is 5.32 Å². The van der Waals surface area contributed by atoms with Crippen LogP contribution in [0.1, 0.15) is 37.2 Å². The highest BCUT2D eigenvalue weighted by Gasteiger charge is 2.21. The van der Waals surface area contributed by atoms with Gasteiger partial charge in [0.2, 0.25) is 0 Å². The summed E-state index contributed by atoms with van der Waals surface area (Å²) in [6, 6.07) is 3.65. The van der Waals surface area contributed by atoms with Crippen molar-refractivity contribution in [1.82, 2.24) is 9.88 Å². The number of nitrogens with two attached hydrogens (primary N) is 1. The number of amides is 1. The van der Waals surface area contributed by atoms with Crippen molar-refractivity contribution in [3.05, 3.63) is 24.0 Å². The highest BCUT2D eigenvalue weighted by Crippen LogP contribution is 2.09. The molecule has 0 radical (unpaired) electrons. The topological polar surface area (TPSA) is 60.0 Å². The smallest absolute Gasteiger partial charge is 0.267 e. The monoisotopic (exact) mass is 223 g/mol. The van der Waals surface area contributed by atoms with Gasteiger partial charge in [0, 0.05) is 25.3 Å². The van der Waals surface area contributed by atoms with Crippen LogP contribution in [0.3, 0.4) is 0 Å². The minimum Gasteiger partial charge on any atom is -0.349 e. The number of rotatable bonds is 5. The van der Waals surface area contributed by atoms with Crippen LogP contribution in [0.25, 0.3) is 0 Å². The second-order valence-corrected chi connectivity index (χ2v) is 4.26. The van der Waals surface area contributed by atoms with Crippen molar-refractivity contribution in [2.75, 3.05) is 6.54 Å². The maximum Gasteiger partial charge on any atom is 0.267 e. The van der Waals surface area contributed by atoms with E-state index in [1.54, 1.807) is 10.6 Å². The summed E-state index contributed by atoms with van der Waals surface area (Å²) in [6.07, 6.45) is 3.57. The fourth-order valence-corrected chi connectivity index (χ4v) is 1.54. The van der Waals surface area contributed by atoms with Gasteiger partial charge >= 0.3 is 0 Å². The van der Waals surface area contributed by atoms with Gasteiger partial charge in [0.15, 0.2) is 0 Å². The molecule has 4 nitrogen and oxygen atoms in total. The fourth-order valence-electron chi connectivity index (χ4n) is 1.54. The second-order valence-electron chi connectivity index (χ2n) is 4.26. The number of nitrogens with zero attached hydrogens (tertiary/aromatic N) is 1. The predicted octanol–water partition coefficient (Wildman–Crippen LogP) is 1.27. The molecule has 0 unspecified atom stereocenters. The van der Waals surface area contributed by atoms with Crippen molar-refractivity contribution in [3.8, 4) is 0 Å². The van der Waals surface area contributed by atoms with Gasteiger partial charge in [0.05, 0.1) is 0 Å². The summed E-state index contributed by atoms with van der Waals surface area (Å²) < 4.78 is 1.80. The molecule has 0 aliphatic heterocycles. The van der Waals surface area contributed by atoms with Gasteiger partial charge in [-0.25, -0.2) is 0 Å². The predicted molar refractivity (Wildman–Crippen MR) is 65.2 cm³/mol. The fraction of sp³-hybridized carbons (Fsp3) is 0.583. The Kier molecular flexibility index (Phi) is 4.12. The molecule has 0 aromatic carbocycles. The Hall–Kier alpha value is -1.29. The Labute approximate surface area is 96.8 Å². The van der Waals surface area contributed by atoms with Gasteiger partial charge in [-0.2, -0.15) is 0 Å². The van der Waals surface area contributed by atoms with E-state index < -0.39 is 0 Å². The van der Waals surface area contributed by atoms with Gasteiger partial charge < -0.3 is 15.6 Å². The van der Waals surface area contributed by atoms with Crippen molar-refractivity contribution in [2.45, 2.75) is 32.2 Å². The standard InChI is InChI=1S/C12H21N3O/c1-4-12(13,5-2)9-14-11(16)10-7-6-8-15(10)3/h6-8H,4-5,9,13H2,1-3H3,(H,14,16). The minimum absolute atomic E-state index is 0.0655. The molecule has 1 heterocycles. The lowest BCUT2D eigenvalue weighted by molar-refractivity contribution is 0.0934. The van der Waals surface area contributed by atoms with Crippen LogP contribution in [0.15, 0.2) is 18.3 Å². The van der Waals surface area contributed by atoms with E-state index in [-0.39, 0.29) is 11.4 Å². The summed E-state index contributed by atoms with van der Waals surface area (Å²) in [6.45, 7) is 4.60. The molecule has 90 valence electrons. The molecule has 0 spiro atoms. The van der Waals surface area contributed by atoms with Crippen LogP contribution in [-0.4, -0.2) is 22.6 Å². The lowest BCUT2D eigenvalue weighted by atomic mass is 9.94. The van der Waals surface area contributed by atoms with Crippen molar-refractivity contribution in [3.63, 3.8) is 0 Å². The average Bonchev–Trinajstić information content (AvgIpc) is 2.72.